The average molecular weight is 408 g/mol. The first-order valence-electron chi connectivity index (χ1n) is 9.56. The lowest BCUT2D eigenvalue weighted by Crippen LogP contribution is -2.33. The predicted molar refractivity (Wildman–Crippen MR) is 113 cm³/mol. The van der Waals surface area contributed by atoms with Crippen LogP contribution >= 0.6 is 0 Å². The Morgan fingerprint density at radius 3 is 2.50 bits per heavy atom. The SMILES string of the molecule is COc1ccc(N2CC(C(=O)NCC#CCOc3ccccc3OC)CC2=O)cc1. The predicted octanol–water partition coefficient (Wildman–Crippen LogP) is 2.26. The van der Waals surface area contributed by atoms with Gasteiger partial charge >= 0.3 is 0 Å². The van der Waals surface area contributed by atoms with Gasteiger partial charge in [0.25, 0.3) is 0 Å². The summed E-state index contributed by atoms with van der Waals surface area (Å²) in [5.41, 5.74) is 0.754. The minimum absolute atomic E-state index is 0.0726. The molecule has 1 N–H and O–H groups in total. The molecule has 1 atom stereocenters. The lowest BCUT2D eigenvalue weighted by Gasteiger charge is -2.16. The first-order valence-corrected chi connectivity index (χ1v) is 9.56. The van der Waals surface area contributed by atoms with Gasteiger partial charge in [0.15, 0.2) is 11.5 Å². The standard InChI is InChI=1S/C23H24N2O5/c1-28-19-11-9-18(10-12-19)25-16-17(15-22(25)26)23(27)24-13-5-6-14-30-21-8-4-3-7-20(21)29-2/h3-4,7-12,17H,13-16H2,1-2H3,(H,24,27). The van der Waals surface area contributed by atoms with Gasteiger partial charge in [-0.05, 0) is 36.4 Å². The number of para-hydroxylation sites is 2. The molecule has 1 aliphatic heterocycles. The smallest absolute Gasteiger partial charge is 0.227 e. The number of hydrogen-bond acceptors (Lipinski definition) is 5. The number of nitrogens with one attached hydrogen (secondary N) is 1. The molecule has 2 amide bonds. The van der Waals surface area contributed by atoms with Crippen LogP contribution in [-0.4, -0.2) is 45.7 Å². The fraction of sp³-hybridized carbons (Fsp3) is 0.304. The second-order valence-electron chi connectivity index (χ2n) is 6.61. The van der Waals surface area contributed by atoms with Crippen molar-refractivity contribution in [2.75, 3.05) is 38.8 Å². The highest BCUT2D eigenvalue weighted by Crippen LogP contribution is 2.27. The largest absolute Gasteiger partial charge is 0.497 e. The topological polar surface area (TPSA) is 77.1 Å². The number of rotatable bonds is 7. The highest BCUT2D eigenvalue weighted by atomic mass is 16.5. The molecule has 156 valence electrons. The van der Waals surface area contributed by atoms with Crippen molar-refractivity contribution < 1.29 is 23.8 Å². The molecule has 0 saturated carbocycles. The Labute approximate surface area is 175 Å². The van der Waals surface area contributed by atoms with Gasteiger partial charge < -0.3 is 24.4 Å². The number of hydrogen-bond donors (Lipinski definition) is 1. The molecule has 1 saturated heterocycles. The van der Waals surface area contributed by atoms with Crippen molar-refractivity contribution in [3.05, 3.63) is 48.5 Å². The van der Waals surface area contributed by atoms with E-state index in [-0.39, 0.29) is 31.4 Å². The molecule has 7 heteroatoms. The first-order chi connectivity index (χ1) is 14.6. The van der Waals surface area contributed by atoms with E-state index in [9.17, 15) is 9.59 Å². The Bertz CT molecular complexity index is 946. The third-order valence-electron chi connectivity index (χ3n) is 4.72. The molecule has 0 aliphatic carbocycles. The minimum atomic E-state index is -0.397. The summed E-state index contributed by atoms with van der Waals surface area (Å²) in [6.45, 7) is 0.728. The maximum atomic E-state index is 12.4. The summed E-state index contributed by atoms with van der Waals surface area (Å²) >= 11 is 0. The zero-order valence-corrected chi connectivity index (χ0v) is 17.0. The van der Waals surface area contributed by atoms with E-state index in [1.807, 2.05) is 24.3 Å². The van der Waals surface area contributed by atoms with E-state index in [1.54, 1.807) is 43.4 Å². The van der Waals surface area contributed by atoms with Crippen LogP contribution in [0.4, 0.5) is 5.69 Å². The van der Waals surface area contributed by atoms with Gasteiger partial charge in [-0.15, -0.1) is 0 Å². The van der Waals surface area contributed by atoms with E-state index in [2.05, 4.69) is 17.2 Å². The summed E-state index contributed by atoms with van der Waals surface area (Å²) in [7, 11) is 3.16. The highest BCUT2D eigenvalue weighted by Gasteiger charge is 2.34. The zero-order chi connectivity index (χ0) is 21.3. The highest BCUT2D eigenvalue weighted by molar-refractivity contribution is 6.00. The Kier molecular flexibility index (Phi) is 7.17. The summed E-state index contributed by atoms with van der Waals surface area (Å²) in [5, 5.41) is 2.76. The molecular weight excluding hydrogens is 384 g/mol. The van der Waals surface area contributed by atoms with E-state index >= 15 is 0 Å². The molecule has 2 aromatic rings. The van der Waals surface area contributed by atoms with Gasteiger partial charge in [0.1, 0.15) is 12.4 Å². The number of nitrogens with zero attached hydrogens (tertiary/aromatic N) is 1. The van der Waals surface area contributed by atoms with E-state index in [1.165, 1.54) is 0 Å². The number of carbonyl (C=O) groups is 2. The fourth-order valence-corrected chi connectivity index (χ4v) is 3.14. The van der Waals surface area contributed by atoms with Crippen molar-refractivity contribution in [3.63, 3.8) is 0 Å². The molecule has 1 aliphatic rings. The summed E-state index contributed by atoms with van der Waals surface area (Å²) in [6.07, 6.45) is 0.183. The van der Waals surface area contributed by atoms with E-state index < -0.39 is 5.92 Å². The Hall–Kier alpha value is -3.66. The van der Waals surface area contributed by atoms with Crippen molar-refractivity contribution >= 4 is 17.5 Å². The molecule has 7 nitrogen and oxygen atoms in total. The van der Waals surface area contributed by atoms with Gasteiger partial charge in [-0.25, -0.2) is 0 Å². The fourth-order valence-electron chi connectivity index (χ4n) is 3.14. The van der Waals surface area contributed by atoms with Gasteiger partial charge in [0, 0.05) is 18.7 Å². The molecule has 0 radical (unpaired) electrons. The number of methoxy groups -OCH3 is 2. The van der Waals surface area contributed by atoms with Crippen LogP contribution in [0.5, 0.6) is 17.2 Å². The van der Waals surface area contributed by atoms with Crippen molar-refractivity contribution in [2.45, 2.75) is 6.42 Å². The van der Waals surface area contributed by atoms with Crippen molar-refractivity contribution in [2.24, 2.45) is 5.92 Å². The third-order valence-corrected chi connectivity index (χ3v) is 4.72. The van der Waals surface area contributed by atoms with Gasteiger partial charge in [-0.1, -0.05) is 24.0 Å². The van der Waals surface area contributed by atoms with E-state index in [4.69, 9.17) is 14.2 Å². The van der Waals surface area contributed by atoms with Gasteiger partial charge in [0.2, 0.25) is 11.8 Å². The van der Waals surface area contributed by atoms with Gasteiger partial charge in [-0.3, -0.25) is 9.59 Å². The van der Waals surface area contributed by atoms with Crippen LogP contribution in [0.1, 0.15) is 6.42 Å². The van der Waals surface area contributed by atoms with Gasteiger partial charge in [0.05, 0.1) is 26.7 Å². The summed E-state index contributed by atoms with van der Waals surface area (Å²) in [4.78, 5) is 26.3. The average Bonchev–Trinajstić information content (AvgIpc) is 3.18. The molecule has 2 aromatic carbocycles. The quantitative estimate of drug-likeness (QED) is 0.711. The maximum absolute atomic E-state index is 12.4. The van der Waals surface area contributed by atoms with Crippen LogP contribution in [0, 0.1) is 17.8 Å². The van der Waals surface area contributed by atoms with E-state index in [0.717, 1.165) is 5.69 Å². The molecule has 1 unspecified atom stereocenters. The lowest BCUT2D eigenvalue weighted by atomic mass is 10.1. The van der Waals surface area contributed by atoms with Crippen molar-refractivity contribution in [1.29, 1.82) is 0 Å². The second kappa shape index (κ2) is 10.2. The summed E-state index contributed by atoms with van der Waals surface area (Å²) in [5.74, 6) is 7.02. The lowest BCUT2D eigenvalue weighted by molar-refractivity contribution is -0.126. The third kappa shape index (κ3) is 5.23. The van der Waals surface area contributed by atoms with Crippen LogP contribution in [-0.2, 0) is 9.59 Å². The maximum Gasteiger partial charge on any atom is 0.227 e. The zero-order valence-electron chi connectivity index (χ0n) is 17.0. The normalized spacial score (nSPS) is 15.2. The Morgan fingerprint density at radius 2 is 1.80 bits per heavy atom. The van der Waals surface area contributed by atoms with Crippen molar-refractivity contribution in [1.82, 2.24) is 5.32 Å². The molecule has 1 heterocycles. The summed E-state index contributed by atoms with van der Waals surface area (Å²) in [6, 6.07) is 14.5. The molecule has 3 rings (SSSR count). The molecule has 30 heavy (non-hydrogen) atoms. The van der Waals surface area contributed by atoms with E-state index in [0.29, 0.717) is 23.8 Å². The van der Waals surface area contributed by atoms with Crippen LogP contribution in [0.25, 0.3) is 0 Å². The van der Waals surface area contributed by atoms with Crippen LogP contribution in [0.15, 0.2) is 48.5 Å². The van der Waals surface area contributed by atoms with Crippen molar-refractivity contribution in [3.8, 4) is 29.1 Å². The molecule has 0 spiro atoms. The number of anilines is 1. The minimum Gasteiger partial charge on any atom is -0.497 e. The number of ether oxygens (including phenoxy) is 3. The van der Waals surface area contributed by atoms with Gasteiger partial charge in [-0.2, -0.15) is 0 Å². The monoisotopic (exact) mass is 408 g/mol. The molecule has 0 aromatic heterocycles. The number of amides is 2. The first kappa shape index (κ1) is 21.1. The van der Waals surface area contributed by atoms with Crippen LogP contribution < -0.4 is 24.4 Å². The Morgan fingerprint density at radius 1 is 1.07 bits per heavy atom. The number of benzene rings is 2. The molecular formula is C23H24N2O5. The second-order valence-corrected chi connectivity index (χ2v) is 6.61. The molecule has 0 bridgehead atoms. The molecule has 1 fully saturated rings. The number of carbonyl (C=O) groups excluding carboxylic acids is 2. The Balaban J connectivity index is 1.44. The van der Waals surface area contributed by atoms with Crippen LogP contribution in [0.3, 0.4) is 0 Å². The summed E-state index contributed by atoms with van der Waals surface area (Å²) < 4.78 is 15.9. The van der Waals surface area contributed by atoms with Crippen LogP contribution in [0.2, 0.25) is 0 Å².